The van der Waals surface area contributed by atoms with Crippen LogP contribution in [0.1, 0.15) is 19.3 Å². The van der Waals surface area contributed by atoms with Gasteiger partial charge in [0.1, 0.15) is 0 Å². The van der Waals surface area contributed by atoms with E-state index in [1.165, 1.54) is 32.4 Å². The molecule has 0 aromatic rings. The van der Waals surface area contributed by atoms with Gasteiger partial charge in [-0.1, -0.05) is 6.42 Å². The highest BCUT2D eigenvalue weighted by atomic mass is 16.5. The first kappa shape index (κ1) is 9.13. The second-order valence-corrected chi connectivity index (χ2v) is 5.08. The first-order valence-corrected chi connectivity index (χ1v) is 5.91. The third-order valence-electron chi connectivity index (χ3n) is 3.91. The SMILES string of the molecule is CN1C[C@H]2CN3CCCC[C@H]3[C@@H](C1)O2. The first-order valence-electron chi connectivity index (χ1n) is 5.91. The third kappa shape index (κ3) is 1.47. The van der Waals surface area contributed by atoms with Crippen molar-refractivity contribution in [2.24, 2.45) is 0 Å². The summed E-state index contributed by atoms with van der Waals surface area (Å²) in [7, 11) is 2.22. The predicted molar refractivity (Wildman–Crippen MR) is 55.4 cm³/mol. The average Bonchev–Trinajstić information content (AvgIpc) is 2.17. The summed E-state index contributed by atoms with van der Waals surface area (Å²) in [6, 6.07) is 0.725. The number of hydrogen-bond donors (Lipinski definition) is 0. The van der Waals surface area contributed by atoms with Gasteiger partial charge in [-0.05, 0) is 26.4 Å². The minimum Gasteiger partial charge on any atom is -0.369 e. The van der Waals surface area contributed by atoms with Crippen molar-refractivity contribution in [2.75, 3.05) is 33.2 Å². The Morgan fingerprint density at radius 2 is 2.07 bits per heavy atom. The maximum Gasteiger partial charge on any atom is 0.0861 e. The van der Waals surface area contributed by atoms with Crippen molar-refractivity contribution in [3.63, 3.8) is 0 Å². The van der Waals surface area contributed by atoms with Crippen LogP contribution in [0.4, 0.5) is 0 Å². The third-order valence-corrected chi connectivity index (χ3v) is 3.91. The normalized spacial score (nSPS) is 44.8. The van der Waals surface area contributed by atoms with Gasteiger partial charge in [-0.2, -0.15) is 0 Å². The van der Waals surface area contributed by atoms with E-state index >= 15 is 0 Å². The summed E-state index contributed by atoms with van der Waals surface area (Å²) in [4.78, 5) is 5.11. The lowest BCUT2D eigenvalue weighted by molar-refractivity contribution is -0.169. The highest BCUT2D eigenvalue weighted by Gasteiger charge is 2.41. The van der Waals surface area contributed by atoms with Gasteiger partial charge in [-0.3, -0.25) is 4.90 Å². The summed E-state index contributed by atoms with van der Waals surface area (Å²) in [5.74, 6) is 0. The quantitative estimate of drug-likeness (QED) is 0.563. The van der Waals surface area contributed by atoms with E-state index in [1.807, 2.05) is 0 Å². The number of nitrogens with zero attached hydrogens (tertiary/aromatic N) is 2. The molecule has 3 nitrogen and oxygen atoms in total. The molecule has 0 radical (unpaired) electrons. The van der Waals surface area contributed by atoms with Crippen LogP contribution in [-0.4, -0.2) is 61.3 Å². The van der Waals surface area contributed by atoms with Crippen molar-refractivity contribution < 1.29 is 4.74 Å². The summed E-state index contributed by atoms with van der Waals surface area (Å²) in [5, 5.41) is 0. The zero-order valence-electron chi connectivity index (χ0n) is 8.98. The molecule has 3 saturated heterocycles. The molecular formula is C11H20N2O. The number of piperidine rings is 1. The molecular weight excluding hydrogens is 176 g/mol. The van der Waals surface area contributed by atoms with Crippen LogP contribution in [0.3, 0.4) is 0 Å². The Kier molecular flexibility index (Phi) is 2.26. The van der Waals surface area contributed by atoms with Gasteiger partial charge in [-0.15, -0.1) is 0 Å². The maximum absolute atomic E-state index is 6.08. The van der Waals surface area contributed by atoms with Crippen LogP contribution in [0.5, 0.6) is 0 Å². The van der Waals surface area contributed by atoms with Gasteiger partial charge in [0, 0.05) is 25.7 Å². The number of hydrogen-bond acceptors (Lipinski definition) is 3. The zero-order valence-corrected chi connectivity index (χ0v) is 8.98. The molecule has 0 aromatic heterocycles. The monoisotopic (exact) mass is 196 g/mol. The van der Waals surface area contributed by atoms with Gasteiger partial charge in [-0.25, -0.2) is 0 Å². The second kappa shape index (κ2) is 3.47. The molecule has 0 saturated carbocycles. The fraction of sp³-hybridized carbons (Fsp3) is 1.00. The lowest BCUT2D eigenvalue weighted by atomic mass is 9.92. The topological polar surface area (TPSA) is 15.7 Å². The Labute approximate surface area is 86.0 Å². The van der Waals surface area contributed by atoms with Crippen molar-refractivity contribution in [3.8, 4) is 0 Å². The predicted octanol–water partition coefficient (Wildman–Crippen LogP) is 0.554. The molecule has 3 atom stereocenters. The molecule has 3 aliphatic heterocycles. The van der Waals surface area contributed by atoms with Crippen LogP contribution in [0.25, 0.3) is 0 Å². The van der Waals surface area contributed by atoms with Crippen LogP contribution in [0.2, 0.25) is 0 Å². The standard InChI is InChI=1S/C11H20N2O/c1-12-6-9-7-13-5-3-2-4-10(13)11(8-12)14-9/h9-11H,2-8H2,1H3/t9-,10-,11+/m0/s1. The molecule has 0 unspecified atom stereocenters. The first-order chi connectivity index (χ1) is 6.83. The molecule has 0 aliphatic carbocycles. The second-order valence-electron chi connectivity index (χ2n) is 5.08. The molecule has 0 aromatic carbocycles. The fourth-order valence-electron chi connectivity index (χ4n) is 3.30. The van der Waals surface area contributed by atoms with Crippen LogP contribution < -0.4 is 0 Å². The van der Waals surface area contributed by atoms with E-state index in [1.54, 1.807) is 0 Å². The Balaban J connectivity index is 1.76. The number of likely N-dealkylation sites (N-methyl/N-ethyl adjacent to an activating group) is 1. The lowest BCUT2D eigenvalue weighted by Gasteiger charge is -2.51. The van der Waals surface area contributed by atoms with Crippen molar-refractivity contribution in [3.05, 3.63) is 0 Å². The van der Waals surface area contributed by atoms with Crippen LogP contribution in [-0.2, 0) is 4.74 Å². The summed E-state index contributed by atoms with van der Waals surface area (Å²) in [5.41, 5.74) is 0. The zero-order chi connectivity index (χ0) is 9.54. The molecule has 3 fully saturated rings. The van der Waals surface area contributed by atoms with E-state index < -0.39 is 0 Å². The molecule has 3 heterocycles. The molecule has 3 rings (SSSR count). The molecule has 3 heteroatoms. The van der Waals surface area contributed by atoms with Gasteiger partial charge >= 0.3 is 0 Å². The molecule has 0 amide bonds. The van der Waals surface area contributed by atoms with Crippen molar-refractivity contribution in [1.82, 2.24) is 9.80 Å². The van der Waals surface area contributed by atoms with E-state index in [-0.39, 0.29) is 0 Å². The Hall–Kier alpha value is -0.120. The van der Waals surface area contributed by atoms with Gasteiger partial charge < -0.3 is 9.64 Å². The molecule has 2 bridgehead atoms. The molecule has 3 aliphatic rings. The molecule has 0 N–H and O–H groups in total. The van der Waals surface area contributed by atoms with E-state index in [2.05, 4.69) is 16.8 Å². The summed E-state index contributed by atoms with van der Waals surface area (Å²) >= 11 is 0. The molecule has 0 spiro atoms. The minimum absolute atomic E-state index is 0.480. The van der Waals surface area contributed by atoms with Gasteiger partial charge in [0.15, 0.2) is 0 Å². The highest BCUT2D eigenvalue weighted by Crippen LogP contribution is 2.29. The maximum atomic E-state index is 6.08. The molecule has 80 valence electrons. The Morgan fingerprint density at radius 1 is 1.14 bits per heavy atom. The average molecular weight is 196 g/mol. The van der Waals surface area contributed by atoms with E-state index in [0.717, 1.165) is 19.1 Å². The fourth-order valence-corrected chi connectivity index (χ4v) is 3.30. The van der Waals surface area contributed by atoms with Crippen molar-refractivity contribution in [2.45, 2.75) is 37.5 Å². The largest absolute Gasteiger partial charge is 0.369 e. The Bertz CT molecular complexity index is 219. The van der Waals surface area contributed by atoms with Crippen molar-refractivity contribution in [1.29, 1.82) is 0 Å². The lowest BCUT2D eigenvalue weighted by Crippen LogP contribution is -2.64. The number of rotatable bonds is 0. The van der Waals surface area contributed by atoms with E-state index in [4.69, 9.17) is 4.74 Å². The van der Waals surface area contributed by atoms with Gasteiger partial charge in [0.05, 0.1) is 12.2 Å². The summed E-state index contributed by atoms with van der Waals surface area (Å²) in [6.45, 7) is 4.74. The molecule has 14 heavy (non-hydrogen) atoms. The van der Waals surface area contributed by atoms with Gasteiger partial charge in [0.25, 0.3) is 0 Å². The van der Waals surface area contributed by atoms with Crippen LogP contribution in [0.15, 0.2) is 0 Å². The van der Waals surface area contributed by atoms with E-state index in [9.17, 15) is 0 Å². The van der Waals surface area contributed by atoms with E-state index in [0.29, 0.717) is 12.2 Å². The highest BCUT2D eigenvalue weighted by molar-refractivity contribution is 4.94. The number of ether oxygens (including phenoxy) is 1. The Morgan fingerprint density at radius 3 is 3.00 bits per heavy atom. The van der Waals surface area contributed by atoms with Crippen LogP contribution in [0, 0.1) is 0 Å². The smallest absolute Gasteiger partial charge is 0.0861 e. The van der Waals surface area contributed by atoms with Crippen molar-refractivity contribution >= 4 is 0 Å². The number of fused-ring (bicyclic) bond motifs is 4. The number of morpholine rings is 2. The minimum atomic E-state index is 0.480. The summed E-state index contributed by atoms with van der Waals surface area (Å²) in [6.07, 6.45) is 5.12. The van der Waals surface area contributed by atoms with Crippen LogP contribution >= 0.6 is 0 Å². The van der Waals surface area contributed by atoms with Gasteiger partial charge in [0.2, 0.25) is 0 Å². The summed E-state index contributed by atoms with van der Waals surface area (Å²) < 4.78 is 6.08.